The van der Waals surface area contributed by atoms with Crippen molar-refractivity contribution in [1.82, 2.24) is 9.88 Å². The van der Waals surface area contributed by atoms with Crippen LogP contribution in [0.4, 0.5) is 10.5 Å². The molecule has 1 aromatic heterocycles. The molecule has 1 fully saturated rings. The van der Waals surface area contributed by atoms with Gasteiger partial charge in [-0.1, -0.05) is 37.3 Å². The first-order chi connectivity index (χ1) is 15.7. The molecule has 1 N–H and O–H groups in total. The minimum Gasteiger partial charge on any atom is -0.317 e. The lowest BCUT2D eigenvalue weighted by Gasteiger charge is -2.26. The highest BCUT2D eigenvalue weighted by molar-refractivity contribution is 6.39. The van der Waals surface area contributed by atoms with Crippen molar-refractivity contribution in [3.05, 3.63) is 87.7 Å². The largest absolute Gasteiger partial charge is 0.335 e. The number of nitrogens with one attached hydrogen (secondary N) is 1. The number of hydrogen-bond donors (Lipinski definition) is 1. The smallest absolute Gasteiger partial charge is 0.317 e. The molecular formula is C27H27N3O3. The number of benzene rings is 2. The molecule has 0 atom stereocenters. The normalized spacial score (nSPS) is 15.4. The van der Waals surface area contributed by atoms with Crippen LogP contribution < -0.4 is 10.2 Å². The Bertz CT molecular complexity index is 1330. The molecule has 0 saturated carbocycles. The molecule has 1 aliphatic rings. The summed E-state index contributed by atoms with van der Waals surface area (Å²) in [5.41, 5.74) is 7.43. The Labute approximate surface area is 193 Å². The molecule has 6 nitrogen and oxygen atoms in total. The van der Waals surface area contributed by atoms with E-state index in [0.29, 0.717) is 5.69 Å². The van der Waals surface area contributed by atoms with Gasteiger partial charge in [-0.15, -0.1) is 0 Å². The highest BCUT2D eigenvalue weighted by Crippen LogP contribution is 2.29. The standard InChI is InChI=1S/C27H27N3O3/c1-6-20-11-8-10-17(3)24(20)29-18(4)14-21(19(29)5)15-23-25(31)28-27(33)30(26(23)32)22-12-7-9-16(2)13-22/h7-15H,6H2,1-5H3,(H,28,31,33)/b23-15+. The van der Waals surface area contributed by atoms with Crippen LogP contribution in [0.15, 0.2) is 54.1 Å². The van der Waals surface area contributed by atoms with E-state index in [-0.39, 0.29) is 5.57 Å². The van der Waals surface area contributed by atoms with E-state index in [9.17, 15) is 14.4 Å². The van der Waals surface area contributed by atoms with Crippen molar-refractivity contribution in [2.24, 2.45) is 0 Å². The van der Waals surface area contributed by atoms with Crippen LogP contribution in [0.5, 0.6) is 0 Å². The van der Waals surface area contributed by atoms with Gasteiger partial charge >= 0.3 is 6.03 Å². The molecule has 168 valence electrons. The van der Waals surface area contributed by atoms with Gasteiger partial charge in [-0.3, -0.25) is 14.9 Å². The molecule has 0 spiro atoms. The van der Waals surface area contributed by atoms with Gasteiger partial charge in [-0.25, -0.2) is 9.69 Å². The minimum absolute atomic E-state index is 0.0724. The maximum absolute atomic E-state index is 13.3. The number of nitrogens with zero attached hydrogens (tertiary/aromatic N) is 2. The predicted octanol–water partition coefficient (Wildman–Crippen LogP) is 4.94. The number of para-hydroxylation sites is 1. The lowest BCUT2D eigenvalue weighted by atomic mass is 10.0. The predicted molar refractivity (Wildman–Crippen MR) is 130 cm³/mol. The van der Waals surface area contributed by atoms with Crippen molar-refractivity contribution in [2.75, 3.05) is 4.90 Å². The second-order valence-electron chi connectivity index (χ2n) is 8.39. The fourth-order valence-electron chi connectivity index (χ4n) is 4.42. The fraction of sp³-hybridized carbons (Fsp3) is 0.222. The Morgan fingerprint density at radius 1 is 0.939 bits per heavy atom. The van der Waals surface area contributed by atoms with Gasteiger partial charge in [0, 0.05) is 11.4 Å². The topological polar surface area (TPSA) is 71.4 Å². The van der Waals surface area contributed by atoms with Crippen molar-refractivity contribution in [3.63, 3.8) is 0 Å². The van der Waals surface area contributed by atoms with Gasteiger partial charge in [0.05, 0.1) is 11.4 Å². The summed E-state index contributed by atoms with van der Waals surface area (Å²) in [7, 11) is 0. The van der Waals surface area contributed by atoms with E-state index in [4.69, 9.17) is 0 Å². The summed E-state index contributed by atoms with van der Waals surface area (Å²) in [5, 5.41) is 2.30. The molecule has 4 amide bonds. The van der Waals surface area contributed by atoms with Crippen molar-refractivity contribution < 1.29 is 14.4 Å². The van der Waals surface area contributed by atoms with Crippen molar-refractivity contribution >= 4 is 29.6 Å². The summed E-state index contributed by atoms with van der Waals surface area (Å²) < 4.78 is 2.16. The zero-order chi connectivity index (χ0) is 23.9. The average Bonchev–Trinajstić information content (AvgIpc) is 3.03. The van der Waals surface area contributed by atoms with E-state index >= 15 is 0 Å². The molecule has 3 aromatic rings. The molecule has 2 aromatic carbocycles. The van der Waals surface area contributed by atoms with Crippen LogP contribution in [0.3, 0.4) is 0 Å². The van der Waals surface area contributed by atoms with Gasteiger partial charge in [0.1, 0.15) is 5.57 Å². The highest BCUT2D eigenvalue weighted by atomic mass is 16.2. The lowest BCUT2D eigenvalue weighted by molar-refractivity contribution is -0.122. The molecule has 0 bridgehead atoms. The second kappa shape index (κ2) is 8.54. The van der Waals surface area contributed by atoms with E-state index in [1.54, 1.807) is 24.3 Å². The number of urea groups is 1. The first-order valence-corrected chi connectivity index (χ1v) is 11.0. The number of anilines is 1. The number of carbonyl (C=O) groups is 3. The minimum atomic E-state index is -0.745. The van der Waals surface area contributed by atoms with Crippen LogP contribution in [-0.2, 0) is 16.0 Å². The highest BCUT2D eigenvalue weighted by Gasteiger charge is 2.37. The molecule has 4 rings (SSSR count). The van der Waals surface area contributed by atoms with E-state index in [1.165, 1.54) is 5.56 Å². The summed E-state index contributed by atoms with van der Waals surface area (Å²) in [6.45, 7) is 10.1. The van der Waals surface area contributed by atoms with E-state index in [0.717, 1.165) is 45.1 Å². The maximum Gasteiger partial charge on any atom is 0.335 e. The Hall–Kier alpha value is -3.93. The van der Waals surface area contributed by atoms with E-state index in [2.05, 4.69) is 41.9 Å². The van der Waals surface area contributed by atoms with Gasteiger partial charge in [0.2, 0.25) is 0 Å². The molecule has 2 heterocycles. The molecule has 33 heavy (non-hydrogen) atoms. The van der Waals surface area contributed by atoms with Gasteiger partial charge < -0.3 is 4.57 Å². The summed E-state index contributed by atoms with van der Waals surface area (Å²) in [4.78, 5) is 39.4. The van der Waals surface area contributed by atoms with E-state index < -0.39 is 17.8 Å². The molecule has 6 heteroatoms. The van der Waals surface area contributed by atoms with Crippen molar-refractivity contribution in [1.29, 1.82) is 0 Å². The molecule has 0 radical (unpaired) electrons. The lowest BCUT2D eigenvalue weighted by Crippen LogP contribution is -2.54. The van der Waals surface area contributed by atoms with Crippen LogP contribution in [-0.4, -0.2) is 22.4 Å². The third kappa shape index (κ3) is 3.89. The average molecular weight is 442 g/mol. The number of rotatable bonds is 4. The molecular weight excluding hydrogens is 414 g/mol. The van der Waals surface area contributed by atoms with E-state index in [1.807, 2.05) is 32.9 Å². The SMILES string of the molecule is CCc1cccc(C)c1-n1c(C)cc(/C=C2\C(=O)NC(=O)N(c3cccc(C)c3)C2=O)c1C. The van der Waals surface area contributed by atoms with Crippen LogP contribution >= 0.6 is 0 Å². The summed E-state index contributed by atoms with van der Waals surface area (Å²) >= 11 is 0. The first-order valence-electron chi connectivity index (χ1n) is 11.0. The van der Waals surface area contributed by atoms with Gasteiger partial charge in [-0.2, -0.15) is 0 Å². The van der Waals surface area contributed by atoms with Crippen LogP contribution in [0, 0.1) is 27.7 Å². The molecule has 1 saturated heterocycles. The Kier molecular flexibility index (Phi) is 5.77. The second-order valence-corrected chi connectivity index (χ2v) is 8.39. The third-order valence-corrected chi connectivity index (χ3v) is 6.06. The Balaban J connectivity index is 1.81. The first kappa shape index (κ1) is 22.3. The number of imide groups is 2. The monoisotopic (exact) mass is 441 g/mol. The number of amides is 4. The number of barbiturate groups is 1. The maximum atomic E-state index is 13.3. The molecule has 1 aliphatic heterocycles. The van der Waals surface area contributed by atoms with Gasteiger partial charge in [0.25, 0.3) is 11.8 Å². The molecule has 0 unspecified atom stereocenters. The van der Waals surface area contributed by atoms with Gasteiger partial charge in [-0.05, 0) is 80.6 Å². The number of carbonyl (C=O) groups excluding carboxylic acids is 3. The van der Waals surface area contributed by atoms with Crippen LogP contribution in [0.25, 0.3) is 11.8 Å². The van der Waals surface area contributed by atoms with Crippen molar-refractivity contribution in [3.8, 4) is 5.69 Å². The summed E-state index contributed by atoms with van der Waals surface area (Å²) in [6.07, 6.45) is 2.47. The molecule has 0 aliphatic carbocycles. The number of aryl methyl sites for hydroxylation is 4. The van der Waals surface area contributed by atoms with Crippen LogP contribution in [0.1, 0.15) is 40.6 Å². The fourth-order valence-corrected chi connectivity index (χ4v) is 4.42. The van der Waals surface area contributed by atoms with Crippen molar-refractivity contribution in [2.45, 2.75) is 41.0 Å². The number of hydrogen-bond acceptors (Lipinski definition) is 3. The Morgan fingerprint density at radius 3 is 2.36 bits per heavy atom. The Morgan fingerprint density at radius 2 is 1.67 bits per heavy atom. The zero-order valence-electron chi connectivity index (χ0n) is 19.5. The quantitative estimate of drug-likeness (QED) is 0.460. The third-order valence-electron chi connectivity index (χ3n) is 6.06. The summed E-state index contributed by atoms with van der Waals surface area (Å²) in [5.74, 6) is -1.33. The summed E-state index contributed by atoms with van der Waals surface area (Å²) in [6, 6.07) is 14.5. The van der Waals surface area contributed by atoms with Crippen LogP contribution in [0.2, 0.25) is 0 Å². The number of aromatic nitrogens is 1. The zero-order valence-corrected chi connectivity index (χ0v) is 19.5. The van der Waals surface area contributed by atoms with Gasteiger partial charge in [0.15, 0.2) is 0 Å².